The summed E-state index contributed by atoms with van der Waals surface area (Å²) in [7, 11) is 1.42. The topological polar surface area (TPSA) is 59.3 Å². The molecule has 0 fully saturated rings. The van der Waals surface area contributed by atoms with Crippen molar-refractivity contribution >= 4 is 29.2 Å². The van der Waals surface area contributed by atoms with Gasteiger partial charge in [-0.2, -0.15) is 5.26 Å². The molecule has 0 heterocycles. The fourth-order valence-electron chi connectivity index (χ4n) is 2.62. The van der Waals surface area contributed by atoms with Crippen molar-refractivity contribution in [3.8, 4) is 17.6 Å². The van der Waals surface area contributed by atoms with Gasteiger partial charge in [-0.1, -0.05) is 41.9 Å². The second kappa shape index (κ2) is 9.05. The van der Waals surface area contributed by atoms with Crippen LogP contribution in [0.25, 0.3) is 11.6 Å². The van der Waals surface area contributed by atoms with Gasteiger partial charge in [0.2, 0.25) is 0 Å². The number of hydrogen-bond donors (Lipinski definition) is 0. The summed E-state index contributed by atoms with van der Waals surface area (Å²) in [4.78, 5) is 12.2. The van der Waals surface area contributed by atoms with E-state index in [9.17, 15) is 14.4 Å². The molecule has 0 aliphatic rings. The molecule has 0 amide bonds. The summed E-state index contributed by atoms with van der Waals surface area (Å²) in [5, 5.41) is 10.1. The minimum Gasteiger partial charge on any atom is -0.493 e. The molecule has 3 rings (SSSR count). The molecule has 0 aliphatic heterocycles. The van der Waals surface area contributed by atoms with E-state index in [0.29, 0.717) is 21.7 Å². The van der Waals surface area contributed by atoms with E-state index in [2.05, 4.69) is 6.07 Å². The zero-order valence-corrected chi connectivity index (χ0v) is 16.1. The quantitative estimate of drug-likeness (QED) is 0.233. The van der Waals surface area contributed by atoms with Crippen LogP contribution in [0, 0.1) is 17.1 Å². The number of esters is 1. The molecular formula is C23H15ClFNO3. The van der Waals surface area contributed by atoms with Crippen LogP contribution in [-0.2, 0) is 0 Å². The third-order valence-corrected chi connectivity index (χ3v) is 4.32. The first kappa shape index (κ1) is 20.1. The molecule has 0 saturated carbocycles. The highest BCUT2D eigenvalue weighted by Gasteiger charge is 2.16. The Bertz CT molecular complexity index is 1120. The van der Waals surface area contributed by atoms with E-state index in [1.54, 1.807) is 48.5 Å². The molecular weight excluding hydrogens is 393 g/mol. The van der Waals surface area contributed by atoms with Crippen molar-refractivity contribution < 1.29 is 18.7 Å². The number of hydrogen-bond acceptors (Lipinski definition) is 4. The van der Waals surface area contributed by atoms with Gasteiger partial charge in [0, 0.05) is 5.02 Å². The lowest BCUT2D eigenvalue weighted by molar-refractivity contribution is 0.0725. The fourth-order valence-corrected chi connectivity index (χ4v) is 2.74. The molecule has 3 aromatic rings. The van der Waals surface area contributed by atoms with Crippen molar-refractivity contribution in [3.05, 3.63) is 94.3 Å². The number of methoxy groups -OCH3 is 1. The number of ether oxygens (including phenoxy) is 2. The summed E-state index contributed by atoms with van der Waals surface area (Å²) in [6, 6.07) is 19.4. The first-order valence-corrected chi connectivity index (χ1v) is 8.92. The normalized spacial score (nSPS) is 10.9. The predicted molar refractivity (Wildman–Crippen MR) is 109 cm³/mol. The molecule has 0 saturated heterocycles. The highest BCUT2D eigenvalue weighted by atomic mass is 35.5. The van der Waals surface area contributed by atoms with E-state index in [1.807, 2.05) is 0 Å². The van der Waals surface area contributed by atoms with Crippen LogP contribution in [0.1, 0.15) is 21.5 Å². The van der Waals surface area contributed by atoms with E-state index in [4.69, 9.17) is 21.1 Å². The lowest BCUT2D eigenvalue weighted by Gasteiger charge is -2.10. The number of halogens is 2. The Morgan fingerprint density at radius 3 is 2.45 bits per heavy atom. The lowest BCUT2D eigenvalue weighted by Crippen LogP contribution is -2.11. The first-order valence-electron chi connectivity index (χ1n) is 8.54. The Labute approximate surface area is 172 Å². The van der Waals surface area contributed by atoms with Gasteiger partial charge in [0.05, 0.1) is 24.3 Å². The second-order valence-corrected chi connectivity index (χ2v) is 6.39. The largest absolute Gasteiger partial charge is 0.493 e. The number of carbonyl (C=O) groups is 1. The SMILES string of the molecule is COc1cc(/C=C(\C#N)c2ccc(Cl)cc2)ccc1OC(=O)c1ccccc1F. The average molecular weight is 408 g/mol. The van der Waals surface area contributed by atoms with Gasteiger partial charge < -0.3 is 9.47 Å². The zero-order chi connectivity index (χ0) is 20.8. The number of nitrogens with zero attached hydrogens (tertiary/aromatic N) is 1. The molecule has 144 valence electrons. The molecule has 29 heavy (non-hydrogen) atoms. The van der Waals surface area contributed by atoms with Gasteiger partial charge in [0.25, 0.3) is 0 Å². The van der Waals surface area contributed by atoms with E-state index < -0.39 is 11.8 Å². The molecule has 0 spiro atoms. The standard InChI is InChI=1S/C23H15ClFNO3/c1-28-22-13-15(12-17(14-26)16-7-9-18(24)10-8-16)6-11-21(22)29-23(27)19-4-2-3-5-20(19)25/h2-13H,1H3/b17-12+. The van der Waals surface area contributed by atoms with Gasteiger partial charge >= 0.3 is 5.97 Å². The summed E-state index contributed by atoms with van der Waals surface area (Å²) < 4.78 is 24.4. The third-order valence-electron chi connectivity index (χ3n) is 4.07. The van der Waals surface area contributed by atoms with Crippen LogP contribution in [0.2, 0.25) is 5.02 Å². The monoisotopic (exact) mass is 407 g/mol. The molecule has 0 N–H and O–H groups in total. The summed E-state index contributed by atoms with van der Waals surface area (Å²) in [5.74, 6) is -1.08. The van der Waals surface area contributed by atoms with Crippen LogP contribution in [0.15, 0.2) is 66.7 Å². The molecule has 0 aromatic heterocycles. The predicted octanol–water partition coefficient (Wildman–Crippen LogP) is 5.77. The number of carbonyl (C=O) groups excluding carboxylic acids is 1. The number of benzene rings is 3. The Morgan fingerprint density at radius 2 is 1.79 bits per heavy atom. The Balaban J connectivity index is 1.88. The average Bonchev–Trinajstić information content (AvgIpc) is 2.73. The van der Waals surface area contributed by atoms with E-state index in [1.165, 1.54) is 31.4 Å². The van der Waals surface area contributed by atoms with Crippen molar-refractivity contribution in [2.24, 2.45) is 0 Å². The molecule has 0 bridgehead atoms. The van der Waals surface area contributed by atoms with E-state index >= 15 is 0 Å². The molecule has 0 atom stereocenters. The number of rotatable bonds is 5. The van der Waals surface area contributed by atoms with Crippen molar-refractivity contribution in [2.75, 3.05) is 7.11 Å². The summed E-state index contributed by atoms with van der Waals surface area (Å²) in [5.41, 5.74) is 1.64. The van der Waals surface area contributed by atoms with Gasteiger partial charge in [-0.05, 0) is 53.6 Å². The van der Waals surface area contributed by atoms with Gasteiger partial charge in [0.15, 0.2) is 11.5 Å². The fraction of sp³-hybridized carbons (Fsp3) is 0.0435. The molecule has 4 nitrogen and oxygen atoms in total. The van der Waals surface area contributed by atoms with Crippen LogP contribution in [0.3, 0.4) is 0 Å². The maximum absolute atomic E-state index is 13.8. The maximum atomic E-state index is 13.8. The van der Waals surface area contributed by atoms with Crippen molar-refractivity contribution in [1.29, 1.82) is 5.26 Å². The third kappa shape index (κ3) is 4.81. The Morgan fingerprint density at radius 1 is 1.07 bits per heavy atom. The number of nitriles is 1. The van der Waals surface area contributed by atoms with Crippen molar-refractivity contribution in [3.63, 3.8) is 0 Å². The van der Waals surface area contributed by atoms with Crippen LogP contribution in [0.5, 0.6) is 11.5 Å². The number of allylic oxidation sites excluding steroid dienone is 1. The van der Waals surface area contributed by atoms with Crippen molar-refractivity contribution in [2.45, 2.75) is 0 Å². The van der Waals surface area contributed by atoms with E-state index in [-0.39, 0.29) is 17.1 Å². The summed E-state index contributed by atoms with van der Waals surface area (Å²) >= 11 is 5.89. The second-order valence-electron chi connectivity index (χ2n) is 5.96. The minimum atomic E-state index is -0.830. The Hall–Kier alpha value is -3.62. The van der Waals surface area contributed by atoms with Gasteiger partial charge in [-0.3, -0.25) is 0 Å². The van der Waals surface area contributed by atoms with Gasteiger partial charge in [0.1, 0.15) is 5.82 Å². The molecule has 6 heteroatoms. The highest BCUT2D eigenvalue weighted by molar-refractivity contribution is 6.30. The molecule has 0 aliphatic carbocycles. The molecule has 3 aromatic carbocycles. The van der Waals surface area contributed by atoms with Gasteiger partial charge in [-0.15, -0.1) is 0 Å². The summed E-state index contributed by atoms with van der Waals surface area (Å²) in [6.07, 6.45) is 1.67. The zero-order valence-electron chi connectivity index (χ0n) is 15.4. The van der Waals surface area contributed by atoms with Gasteiger partial charge in [-0.25, -0.2) is 9.18 Å². The minimum absolute atomic E-state index is 0.142. The molecule has 0 unspecified atom stereocenters. The molecule has 0 radical (unpaired) electrons. The summed E-state index contributed by atoms with van der Waals surface area (Å²) in [6.45, 7) is 0. The first-order chi connectivity index (χ1) is 14.0. The van der Waals surface area contributed by atoms with Crippen LogP contribution in [0.4, 0.5) is 4.39 Å². The lowest BCUT2D eigenvalue weighted by atomic mass is 10.0. The van der Waals surface area contributed by atoms with Crippen LogP contribution < -0.4 is 9.47 Å². The highest BCUT2D eigenvalue weighted by Crippen LogP contribution is 2.31. The van der Waals surface area contributed by atoms with E-state index in [0.717, 1.165) is 0 Å². The van der Waals surface area contributed by atoms with Crippen LogP contribution >= 0.6 is 11.6 Å². The smallest absolute Gasteiger partial charge is 0.346 e. The van der Waals surface area contributed by atoms with Crippen LogP contribution in [-0.4, -0.2) is 13.1 Å². The Kier molecular flexibility index (Phi) is 6.28. The van der Waals surface area contributed by atoms with Crippen molar-refractivity contribution in [1.82, 2.24) is 0 Å². The maximum Gasteiger partial charge on any atom is 0.346 e.